The molecule has 1 unspecified atom stereocenters. The van der Waals surface area contributed by atoms with Crippen molar-refractivity contribution in [3.05, 3.63) is 71.0 Å². The Labute approximate surface area is 145 Å². The molecule has 24 heavy (non-hydrogen) atoms. The summed E-state index contributed by atoms with van der Waals surface area (Å²) in [4.78, 5) is 11.5. The van der Waals surface area contributed by atoms with Crippen LogP contribution in [-0.2, 0) is 24.1 Å². The summed E-state index contributed by atoms with van der Waals surface area (Å²) in [6, 6.07) is 14.0. The van der Waals surface area contributed by atoms with Gasteiger partial charge in [-0.1, -0.05) is 36.4 Å². The third-order valence-electron chi connectivity index (χ3n) is 3.74. The van der Waals surface area contributed by atoms with Gasteiger partial charge in [-0.15, -0.1) is 11.8 Å². The molecule has 1 atom stereocenters. The van der Waals surface area contributed by atoms with Gasteiger partial charge in [-0.25, -0.2) is 4.39 Å². The minimum Gasteiger partial charge on any atom is -0.480 e. The number of aryl methyl sites for hydroxylation is 1. The lowest BCUT2D eigenvalue weighted by molar-refractivity contribution is -0.136. The van der Waals surface area contributed by atoms with Crippen molar-refractivity contribution in [1.82, 2.24) is 0 Å². The van der Waals surface area contributed by atoms with Crippen LogP contribution in [0.25, 0.3) is 0 Å². The highest BCUT2D eigenvalue weighted by Gasteiger charge is 2.18. The Morgan fingerprint density at radius 2 is 1.50 bits per heavy atom. The summed E-state index contributed by atoms with van der Waals surface area (Å²) in [7, 11) is 0. The largest absolute Gasteiger partial charge is 0.480 e. The smallest absolute Gasteiger partial charge is 0.316 e. The predicted octanol–water partition coefficient (Wildman–Crippen LogP) is 3.33. The molecular weight excluding hydrogens is 327 g/mol. The summed E-state index contributed by atoms with van der Waals surface area (Å²) in [6.45, 7) is 0.107. The monoisotopic (exact) mass is 348 g/mol. The van der Waals surface area contributed by atoms with E-state index in [0.29, 0.717) is 25.0 Å². The third kappa shape index (κ3) is 5.98. The third-order valence-corrected chi connectivity index (χ3v) is 4.95. The number of rotatable bonds is 9. The zero-order valence-electron chi connectivity index (χ0n) is 13.3. The van der Waals surface area contributed by atoms with Crippen LogP contribution in [-0.4, -0.2) is 33.8 Å². The second-order valence-corrected chi connectivity index (χ2v) is 6.88. The first-order valence-electron chi connectivity index (χ1n) is 7.86. The Morgan fingerprint density at radius 3 is 2.08 bits per heavy atom. The van der Waals surface area contributed by atoms with Crippen LogP contribution in [0.15, 0.2) is 48.5 Å². The van der Waals surface area contributed by atoms with E-state index in [1.165, 1.54) is 23.9 Å². The molecule has 0 aliphatic rings. The molecular formula is C19H21FO3S. The first-order chi connectivity index (χ1) is 11.6. The zero-order valence-corrected chi connectivity index (χ0v) is 14.1. The number of hydrogen-bond donors (Lipinski definition) is 2. The normalized spacial score (nSPS) is 12.1. The molecule has 128 valence electrons. The lowest BCUT2D eigenvalue weighted by atomic mass is 10.1. The molecule has 0 aliphatic heterocycles. The first-order valence-corrected chi connectivity index (χ1v) is 8.91. The van der Waals surface area contributed by atoms with Crippen molar-refractivity contribution >= 4 is 17.7 Å². The van der Waals surface area contributed by atoms with Gasteiger partial charge >= 0.3 is 5.97 Å². The van der Waals surface area contributed by atoms with Crippen LogP contribution < -0.4 is 0 Å². The second-order valence-electron chi connectivity index (χ2n) is 5.57. The average Bonchev–Trinajstić information content (AvgIpc) is 2.57. The molecule has 0 radical (unpaired) electrons. The molecule has 3 nitrogen and oxygen atoms in total. The second kappa shape index (κ2) is 9.45. The molecule has 0 aliphatic carbocycles. The SMILES string of the molecule is O=C(O)C(Cc1ccc(CCO)cc1)SCCc1ccc(F)cc1. The van der Waals surface area contributed by atoms with Gasteiger partial charge in [-0.2, -0.15) is 0 Å². The number of aliphatic hydroxyl groups is 1. The highest BCUT2D eigenvalue weighted by molar-refractivity contribution is 8.00. The van der Waals surface area contributed by atoms with Gasteiger partial charge in [0.05, 0.1) is 0 Å². The number of halogens is 1. The van der Waals surface area contributed by atoms with Crippen LogP contribution >= 0.6 is 11.8 Å². The van der Waals surface area contributed by atoms with Crippen molar-refractivity contribution < 1.29 is 19.4 Å². The number of aliphatic carboxylic acids is 1. The highest BCUT2D eigenvalue weighted by Crippen LogP contribution is 2.19. The maximum atomic E-state index is 12.9. The fourth-order valence-corrected chi connectivity index (χ4v) is 3.46. The summed E-state index contributed by atoms with van der Waals surface area (Å²) in [5.41, 5.74) is 3.01. The summed E-state index contributed by atoms with van der Waals surface area (Å²) >= 11 is 1.40. The van der Waals surface area contributed by atoms with E-state index in [1.807, 2.05) is 24.3 Å². The van der Waals surface area contributed by atoms with Crippen LogP contribution in [0.1, 0.15) is 16.7 Å². The van der Waals surface area contributed by atoms with Crippen LogP contribution in [0.5, 0.6) is 0 Å². The number of carbonyl (C=O) groups is 1. The van der Waals surface area contributed by atoms with Gasteiger partial charge < -0.3 is 10.2 Å². The number of hydrogen-bond acceptors (Lipinski definition) is 3. The van der Waals surface area contributed by atoms with Crippen molar-refractivity contribution in [3.8, 4) is 0 Å². The summed E-state index contributed by atoms with van der Waals surface area (Å²) in [5.74, 6) is -0.413. The van der Waals surface area contributed by atoms with Gasteiger partial charge in [-0.05, 0) is 53.8 Å². The quantitative estimate of drug-likeness (QED) is 0.730. The minimum absolute atomic E-state index is 0.107. The predicted molar refractivity (Wildman–Crippen MR) is 94.9 cm³/mol. The van der Waals surface area contributed by atoms with E-state index in [1.54, 1.807) is 12.1 Å². The Balaban J connectivity index is 1.87. The molecule has 0 bridgehead atoms. The minimum atomic E-state index is -0.821. The van der Waals surface area contributed by atoms with Gasteiger partial charge in [0.15, 0.2) is 0 Å². The Hall–Kier alpha value is -1.85. The first kappa shape index (κ1) is 18.5. The molecule has 0 saturated heterocycles. The fraction of sp³-hybridized carbons (Fsp3) is 0.316. The summed E-state index contributed by atoms with van der Waals surface area (Å²) in [6.07, 6.45) is 1.78. The molecule has 0 heterocycles. The lowest BCUT2D eigenvalue weighted by Gasteiger charge is -2.12. The molecule has 2 aromatic rings. The van der Waals surface area contributed by atoms with Gasteiger partial charge in [-0.3, -0.25) is 4.79 Å². The standard InChI is InChI=1S/C19H21FO3S/c20-17-7-5-15(6-8-17)10-12-24-18(19(22)23)13-16-3-1-14(2-4-16)9-11-21/h1-8,18,21H,9-13H2,(H,22,23). The van der Waals surface area contributed by atoms with E-state index < -0.39 is 11.2 Å². The maximum absolute atomic E-state index is 12.9. The van der Waals surface area contributed by atoms with E-state index >= 15 is 0 Å². The molecule has 0 amide bonds. The number of carboxylic acids is 1. The molecule has 0 aromatic heterocycles. The number of aliphatic hydroxyl groups excluding tert-OH is 1. The van der Waals surface area contributed by atoms with E-state index in [-0.39, 0.29) is 12.4 Å². The molecule has 2 N–H and O–H groups in total. The number of carboxylic acid groups (broad SMARTS) is 1. The average molecular weight is 348 g/mol. The van der Waals surface area contributed by atoms with E-state index in [0.717, 1.165) is 16.7 Å². The van der Waals surface area contributed by atoms with Crippen LogP contribution in [0.4, 0.5) is 4.39 Å². The van der Waals surface area contributed by atoms with E-state index in [9.17, 15) is 14.3 Å². The molecule has 0 fully saturated rings. The number of benzene rings is 2. The fourth-order valence-electron chi connectivity index (χ4n) is 2.37. The molecule has 0 saturated carbocycles. The van der Waals surface area contributed by atoms with Crippen molar-refractivity contribution in [2.24, 2.45) is 0 Å². The van der Waals surface area contributed by atoms with Gasteiger partial charge in [0, 0.05) is 6.61 Å². The van der Waals surface area contributed by atoms with E-state index in [4.69, 9.17) is 5.11 Å². The Bertz CT molecular complexity index is 641. The molecule has 5 heteroatoms. The zero-order chi connectivity index (χ0) is 17.4. The topological polar surface area (TPSA) is 57.5 Å². The van der Waals surface area contributed by atoms with Crippen molar-refractivity contribution in [2.45, 2.75) is 24.5 Å². The van der Waals surface area contributed by atoms with Crippen LogP contribution in [0.2, 0.25) is 0 Å². The number of thioether (sulfide) groups is 1. The molecule has 0 spiro atoms. The molecule has 2 aromatic carbocycles. The van der Waals surface area contributed by atoms with Crippen LogP contribution in [0, 0.1) is 5.82 Å². The van der Waals surface area contributed by atoms with Crippen LogP contribution in [0.3, 0.4) is 0 Å². The van der Waals surface area contributed by atoms with Gasteiger partial charge in [0.1, 0.15) is 11.1 Å². The van der Waals surface area contributed by atoms with Gasteiger partial charge in [0.25, 0.3) is 0 Å². The Morgan fingerprint density at radius 1 is 0.958 bits per heavy atom. The van der Waals surface area contributed by atoms with Gasteiger partial charge in [0.2, 0.25) is 0 Å². The van der Waals surface area contributed by atoms with Crippen molar-refractivity contribution in [1.29, 1.82) is 0 Å². The van der Waals surface area contributed by atoms with E-state index in [2.05, 4.69) is 0 Å². The lowest BCUT2D eigenvalue weighted by Crippen LogP contribution is -2.20. The van der Waals surface area contributed by atoms with Crippen molar-refractivity contribution in [2.75, 3.05) is 12.4 Å². The Kier molecular flexibility index (Phi) is 7.28. The van der Waals surface area contributed by atoms with Crippen molar-refractivity contribution in [3.63, 3.8) is 0 Å². The maximum Gasteiger partial charge on any atom is 0.316 e. The summed E-state index contributed by atoms with van der Waals surface area (Å²) in [5, 5.41) is 17.8. The summed E-state index contributed by atoms with van der Waals surface area (Å²) < 4.78 is 12.9. The molecule has 2 rings (SSSR count). The highest BCUT2D eigenvalue weighted by atomic mass is 32.2.